The number of carbonyl (C=O) groups is 2. The van der Waals surface area contributed by atoms with Crippen LogP contribution in [0, 0.1) is 10.1 Å². The van der Waals surface area contributed by atoms with E-state index in [9.17, 15) is 32.9 Å². The number of amides is 2. The molecule has 31 heavy (non-hydrogen) atoms. The Morgan fingerprint density at radius 2 is 1.87 bits per heavy atom. The Balaban J connectivity index is 1.95. The molecule has 0 aliphatic carbocycles. The number of hydrogen-bond acceptors (Lipinski definition) is 6. The Morgan fingerprint density at radius 3 is 2.48 bits per heavy atom. The van der Waals surface area contributed by atoms with Crippen LogP contribution in [0.15, 0.2) is 47.6 Å². The van der Waals surface area contributed by atoms with Crippen LogP contribution in [0.2, 0.25) is 0 Å². The number of benzene rings is 2. The summed E-state index contributed by atoms with van der Waals surface area (Å²) in [4.78, 5) is 35.8. The van der Waals surface area contributed by atoms with Gasteiger partial charge in [0, 0.05) is 31.4 Å². The molecular formula is C19H18F3N5O4. The number of carbonyl (C=O) groups excluding carboxylic acids is 2. The second kappa shape index (κ2) is 9.69. The summed E-state index contributed by atoms with van der Waals surface area (Å²) in [6, 6.07) is 8.33. The highest BCUT2D eigenvalue weighted by molar-refractivity contribution is 6.03. The highest BCUT2D eigenvalue weighted by atomic mass is 19.4. The van der Waals surface area contributed by atoms with E-state index in [-0.39, 0.29) is 11.4 Å². The van der Waals surface area contributed by atoms with Crippen molar-refractivity contribution in [1.82, 2.24) is 5.43 Å². The SMILES string of the molecule is CN(C)c1ccc(C=NNC(=O)CC(=O)Nc2cccc(C(F)(F)F)c2)cc1[N+](=O)[O-]. The van der Waals surface area contributed by atoms with E-state index < -0.39 is 34.9 Å². The fourth-order valence-corrected chi connectivity index (χ4v) is 2.49. The molecule has 164 valence electrons. The third-order valence-electron chi connectivity index (χ3n) is 3.88. The lowest BCUT2D eigenvalue weighted by Crippen LogP contribution is -2.24. The molecule has 0 fully saturated rings. The summed E-state index contributed by atoms with van der Waals surface area (Å²) in [6.45, 7) is 0. The quantitative estimate of drug-likeness (QED) is 0.299. The minimum absolute atomic E-state index is 0.107. The van der Waals surface area contributed by atoms with Crippen molar-refractivity contribution in [2.45, 2.75) is 12.6 Å². The van der Waals surface area contributed by atoms with E-state index in [4.69, 9.17) is 0 Å². The summed E-state index contributed by atoms with van der Waals surface area (Å²) in [5, 5.41) is 17.0. The van der Waals surface area contributed by atoms with Crippen molar-refractivity contribution in [3.05, 3.63) is 63.7 Å². The van der Waals surface area contributed by atoms with Crippen molar-refractivity contribution in [2.24, 2.45) is 5.10 Å². The predicted molar refractivity (Wildman–Crippen MR) is 108 cm³/mol. The molecule has 2 rings (SSSR count). The smallest absolute Gasteiger partial charge is 0.372 e. The maximum absolute atomic E-state index is 12.7. The summed E-state index contributed by atoms with van der Waals surface area (Å²) in [5.74, 6) is -1.65. The van der Waals surface area contributed by atoms with Gasteiger partial charge in [0.2, 0.25) is 11.8 Å². The molecule has 0 saturated heterocycles. The molecule has 2 aromatic rings. The third-order valence-corrected chi connectivity index (χ3v) is 3.88. The average molecular weight is 437 g/mol. The van der Waals surface area contributed by atoms with E-state index in [0.29, 0.717) is 11.3 Å². The van der Waals surface area contributed by atoms with Gasteiger partial charge in [-0.3, -0.25) is 19.7 Å². The molecule has 0 unspecified atom stereocenters. The fourth-order valence-electron chi connectivity index (χ4n) is 2.49. The first-order valence-corrected chi connectivity index (χ1v) is 8.72. The minimum Gasteiger partial charge on any atom is -0.372 e. The van der Waals surface area contributed by atoms with Crippen LogP contribution in [0.5, 0.6) is 0 Å². The molecule has 2 N–H and O–H groups in total. The zero-order valence-electron chi connectivity index (χ0n) is 16.4. The molecule has 0 bridgehead atoms. The van der Waals surface area contributed by atoms with E-state index in [1.165, 1.54) is 18.2 Å². The van der Waals surface area contributed by atoms with Crippen LogP contribution >= 0.6 is 0 Å². The third kappa shape index (κ3) is 6.80. The van der Waals surface area contributed by atoms with Gasteiger partial charge in [0.15, 0.2) is 0 Å². The maximum Gasteiger partial charge on any atom is 0.416 e. The van der Waals surface area contributed by atoms with Gasteiger partial charge in [0.05, 0.1) is 16.7 Å². The zero-order valence-corrected chi connectivity index (χ0v) is 16.4. The van der Waals surface area contributed by atoms with Crippen molar-refractivity contribution in [1.29, 1.82) is 0 Å². The highest BCUT2D eigenvalue weighted by Gasteiger charge is 2.30. The molecule has 0 aliphatic heterocycles. The molecule has 9 nitrogen and oxygen atoms in total. The number of hydrazone groups is 1. The number of rotatable bonds is 7. The van der Waals surface area contributed by atoms with Crippen molar-refractivity contribution in [3.63, 3.8) is 0 Å². The molecule has 2 aromatic carbocycles. The van der Waals surface area contributed by atoms with Crippen molar-refractivity contribution < 1.29 is 27.7 Å². The second-order valence-electron chi connectivity index (χ2n) is 6.50. The number of nitrogens with one attached hydrogen (secondary N) is 2. The van der Waals surface area contributed by atoms with Crippen LogP contribution in [0.25, 0.3) is 0 Å². The van der Waals surface area contributed by atoms with E-state index in [1.54, 1.807) is 25.1 Å². The summed E-state index contributed by atoms with van der Waals surface area (Å²) in [7, 11) is 3.31. The van der Waals surface area contributed by atoms with Crippen LogP contribution < -0.4 is 15.6 Å². The summed E-state index contributed by atoms with van der Waals surface area (Å²) < 4.78 is 38.1. The van der Waals surface area contributed by atoms with Gasteiger partial charge in [-0.1, -0.05) is 12.1 Å². The van der Waals surface area contributed by atoms with Crippen LogP contribution in [0.1, 0.15) is 17.5 Å². The molecule has 0 spiro atoms. The van der Waals surface area contributed by atoms with Crippen LogP contribution in [0.4, 0.5) is 30.2 Å². The van der Waals surface area contributed by atoms with Crippen molar-refractivity contribution in [3.8, 4) is 0 Å². The van der Waals surface area contributed by atoms with E-state index >= 15 is 0 Å². The monoisotopic (exact) mass is 437 g/mol. The lowest BCUT2D eigenvalue weighted by atomic mass is 10.2. The largest absolute Gasteiger partial charge is 0.416 e. The highest BCUT2D eigenvalue weighted by Crippen LogP contribution is 2.30. The number of nitro benzene ring substituents is 1. The molecule has 0 atom stereocenters. The molecule has 0 saturated carbocycles. The molecule has 12 heteroatoms. The van der Waals surface area contributed by atoms with Gasteiger partial charge in [-0.05, 0) is 24.3 Å². The Labute approximate surface area is 174 Å². The van der Waals surface area contributed by atoms with Crippen molar-refractivity contribution >= 4 is 35.1 Å². The summed E-state index contributed by atoms with van der Waals surface area (Å²) in [5.41, 5.74) is 1.61. The molecular weight excluding hydrogens is 419 g/mol. The number of nitrogens with zero attached hydrogens (tertiary/aromatic N) is 3. The zero-order chi connectivity index (χ0) is 23.2. The number of alkyl halides is 3. The Hall–Kier alpha value is -3.96. The Kier molecular flexibility index (Phi) is 7.29. The van der Waals surface area contributed by atoms with Gasteiger partial charge in [0.1, 0.15) is 12.1 Å². The molecule has 0 aliphatic rings. The fraction of sp³-hybridized carbons (Fsp3) is 0.211. The van der Waals surface area contributed by atoms with Crippen LogP contribution in [-0.2, 0) is 15.8 Å². The van der Waals surface area contributed by atoms with E-state index in [0.717, 1.165) is 24.4 Å². The number of anilines is 2. The molecule has 0 heterocycles. The van der Waals surface area contributed by atoms with Gasteiger partial charge in [0.25, 0.3) is 5.69 Å². The summed E-state index contributed by atoms with van der Waals surface area (Å²) >= 11 is 0. The number of nitro groups is 1. The van der Waals surface area contributed by atoms with Gasteiger partial charge in [-0.15, -0.1) is 0 Å². The number of hydrogen-bond donors (Lipinski definition) is 2. The second-order valence-corrected chi connectivity index (χ2v) is 6.50. The number of halogens is 3. The average Bonchev–Trinajstić information content (AvgIpc) is 2.67. The first-order valence-electron chi connectivity index (χ1n) is 8.72. The molecule has 0 aromatic heterocycles. The van der Waals surface area contributed by atoms with Crippen molar-refractivity contribution in [2.75, 3.05) is 24.3 Å². The normalized spacial score (nSPS) is 11.3. The van der Waals surface area contributed by atoms with Gasteiger partial charge in [-0.2, -0.15) is 18.3 Å². The first-order chi connectivity index (χ1) is 14.5. The lowest BCUT2D eigenvalue weighted by Gasteiger charge is -2.12. The van der Waals surface area contributed by atoms with E-state index in [1.807, 2.05) is 0 Å². The molecule has 2 amide bonds. The van der Waals surface area contributed by atoms with Gasteiger partial charge in [-0.25, -0.2) is 5.43 Å². The minimum atomic E-state index is -4.56. The van der Waals surface area contributed by atoms with Crippen LogP contribution in [0.3, 0.4) is 0 Å². The first kappa shape index (κ1) is 23.3. The predicted octanol–water partition coefficient (Wildman–Crippen LogP) is 3.16. The summed E-state index contributed by atoms with van der Waals surface area (Å²) in [6.07, 6.45) is -4.09. The lowest BCUT2D eigenvalue weighted by molar-refractivity contribution is -0.384. The standard InChI is InChI=1S/C19H18F3N5O4/c1-26(2)15-7-6-12(8-16(15)27(30)31)11-23-25-18(29)10-17(28)24-14-5-3-4-13(9-14)19(20,21)22/h3-9,11H,10H2,1-2H3,(H,24,28)(H,25,29). The Morgan fingerprint density at radius 1 is 1.16 bits per heavy atom. The molecule has 0 radical (unpaired) electrons. The van der Waals surface area contributed by atoms with Crippen LogP contribution in [-0.4, -0.2) is 37.0 Å². The topological polar surface area (TPSA) is 117 Å². The maximum atomic E-state index is 12.7. The van der Waals surface area contributed by atoms with E-state index in [2.05, 4.69) is 15.8 Å². The van der Waals surface area contributed by atoms with Gasteiger partial charge < -0.3 is 10.2 Å². The van der Waals surface area contributed by atoms with Gasteiger partial charge >= 0.3 is 6.18 Å². The Bertz CT molecular complexity index is 1020.